The number of allylic oxidation sites excluding steroid dienone is 1. The standard InChI is InChI=1S/C14H11ClO/c15-13-7-3-6-10-9-4-1-2-5-11(9)14(16)8-12(10)13/h1-6,8,13,16H,7H2. The lowest BCUT2D eigenvalue weighted by Gasteiger charge is -2.18. The van der Waals surface area contributed by atoms with Crippen LogP contribution in [0.3, 0.4) is 0 Å². The maximum absolute atomic E-state index is 9.96. The van der Waals surface area contributed by atoms with Crippen LogP contribution in [0.25, 0.3) is 16.8 Å². The van der Waals surface area contributed by atoms with E-state index in [1.54, 1.807) is 6.07 Å². The van der Waals surface area contributed by atoms with E-state index in [-0.39, 0.29) is 5.38 Å². The van der Waals surface area contributed by atoms with Crippen molar-refractivity contribution >= 4 is 28.4 Å². The quantitative estimate of drug-likeness (QED) is 0.671. The van der Waals surface area contributed by atoms with Crippen LogP contribution in [0.4, 0.5) is 0 Å². The molecule has 0 fully saturated rings. The molecule has 0 aliphatic heterocycles. The van der Waals surface area contributed by atoms with Crippen molar-refractivity contribution in [1.82, 2.24) is 0 Å². The zero-order valence-electron chi connectivity index (χ0n) is 8.65. The Morgan fingerprint density at radius 2 is 1.94 bits per heavy atom. The van der Waals surface area contributed by atoms with Crippen molar-refractivity contribution in [3.8, 4) is 5.75 Å². The lowest BCUT2D eigenvalue weighted by molar-refractivity contribution is 0.480. The molecule has 0 saturated heterocycles. The second-order valence-electron chi connectivity index (χ2n) is 4.05. The van der Waals surface area contributed by atoms with E-state index in [0.717, 1.165) is 28.3 Å². The Kier molecular flexibility index (Phi) is 2.15. The molecule has 1 nitrogen and oxygen atoms in total. The molecule has 0 saturated carbocycles. The number of aromatic hydroxyl groups is 1. The molecule has 80 valence electrons. The highest BCUT2D eigenvalue weighted by Crippen LogP contribution is 2.40. The number of benzene rings is 2. The molecule has 1 aliphatic carbocycles. The number of rotatable bonds is 0. The lowest BCUT2D eigenvalue weighted by atomic mass is 9.91. The highest BCUT2D eigenvalue weighted by Gasteiger charge is 2.18. The minimum Gasteiger partial charge on any atom is -0.507 e. The maximum Gasteiger partial charge on any atom is 0.123 e. The maximum atomic E-state index is 9.96. The smallest absolute Gasteiger partial charge is 0.123 e. The minimum absolute atomic E-state index is 0.0319. The third-order valence-electron chi connectivity index (χ3n) is 3.06. The van der Waals surface area contributed by atoms with Crippen LogP contribution < -0.4 is 0 Å². The van der Waals surface area contributed by atoms with Crippen LogP contribution in [0.1, 0.15) is 22.9 Å². The fourth-order valence-corrected chi connectivity index (χ4v) is 2.56. The number of halogens is 1. The molecule has 2 heteroatoms. The summed E-state index contributed by atoms with van der Waals surface area (Å²) < 4.78 is 0. The Labute approximate surface area is 99.0 Å². The predicted molar refractivity (Wildman–Crippen MR) is 67.9 cm³/mol. The highest BCUT2D eigenvalue weighted by atomic mass is 35.5. The van der Waals surface area contributed by atoms with Gasteiger partial charge in [0.1, 0.15) is 5.75 Å². The normalized spacial score (nSPS) is 18.7. The number of hydrogen-bond acceptors (Lipinski definition) is 1. The molecule has 1 aliphatic rings. The van der Waals surface area contributed by atoms with Gasteiger partial charge in [0.15, 0.2) is 0 Å². The fraction of sp³-hybridized carbons (Fsp3) is 0.143. The molecule has 0 heterocycles. The number of fused-ring (bicyclic) bond motifs is 3. The van der Waals surface area contributed by atoms with Crippen LogP contribution in [0.15, 0.2) is 36.4 Å². The molecule has 1 atom stereocenters. The van der Waals surface area contributed by atoms with Gasteiger partial charge in [0.2, 0.25) is 0 Å². The van der Waals surface area contributed by atoms with Crippen LogP contribution in [-0.4, -0.2) is 5.11 Å². The van der Waals surface area contributed by atoms with E-state index in [4.69, 9.17) is 11.6 Å². The summed E-state index contributed by atoms with van der Waals surface area (Å²) in [6.07, 6.45) is 5.01. The molecule has 3 rings (SSSR count). The molecular weight excluding hydrogens is 220 g/mol. The van der Waals surface area contributed by atoms with Crippen molar-refractivity contribution < 1.29 is 5.11 Å². The van der Waals surface area contributed by atoms with Crippen molar-refractivity contribution in [2.45, 2.75) is 11.8 Å². The lowest BCUT2D eigenvalue weighted by Crippen LogP contribution is -1.98. The van der Waals surface area contributed by atoms with Gasteiger partial charge in [0.25, 0.3) is 0 Å². The SMILES string of the molecule is Oc1cc2c(c3ccccc13)C=CCC2Cl. The number of alkyl halides is 1. The zero-order chi connectivity index (χ0) is 11.1. The second kappa shape index (κ2) is 3.53. The van der Waals surface area contributed by atoms with Gasteiger partial charge in [-0.15, -0.1) is 11.6 Å². The van der Waals surface area contributed by atoms with Gasteiger partial charge in [-0.05, 0) is 29.0 Å². The Morgan fingerprint density at radius 3 is 2.75 bits per heavy atom. The summed E-state index contributed by atoms with van der Waals surface area (Å²) in [6.45, 7) is 0. The first-order valence-electron chi connectivity index (χ1n) is 5.32. The van der Waals surface area contributed by atoms with E-state index in [1.165, 1.54) is 0 Å². The molecule has 0 spiro atoms. The van der Waals surface area contributed by atoms with Gasteiger partial charge in [-0.1, -0.05) is 36.4 Å². The summed E-state index contributed by atoms with van der Waals surface area (Å²) >= 11 is 6.26. The first-order chi connectivity index (χ1) is 7.77. The molecule has 0 aromatic heterocycles. The first-order valence-corrected chi connectivity index (χ1v) is 5.76. The average molecular weight is 231 g/mol. The van der Waals surface area contributed by atoms with E-state index in [9.17, 15) is 5.11 Å². The van der Waals surface area contributed by atoms with Gasteiger partial charge in [0, 0.05) is 5.39 Å². The third-order valence-corrected chi connectivity index (χ3v) is 3.47. The summed E-state index contributed by atoms with van der Waals surface area (Å²) in [5.74, 6) is 0.315. The first kappa shape index (κ1) is 9.73. The molecule has 0 amide bonds. The van der Waals surface area contributed by atoms with Gasteiger partial charge < -0.3 is 5.11 Å². The number of phenols is 1. The van der Waals surface area contributed by atoms with Gasteiger partial charge in [0.05, 0.1) is 5.38 Å². The molecule has 16 heavy (non-hydrogen) atoms. The Hall–Kier alpha value is -1.47. The van der Waals surface area contributed by atoms with Crippen molar-refractivity contribution in [2.24, 2.45) is 0 Å². The topological polar surface area (TPSA) is 20.2 Å². The summed E-state index contributed by atoms with van der Waals surface area (Å²) in [5.41, 5.74) is 2.17. The molecule has 1 N–H and O–H groups in total. The summed E-state index contributed by atoms with van der Waals surface area (Å²) in [5, 5.41) is 11.9. The molecule has 1 unspecified atom stereocenters. The van der Waals surface area contributed by atoms with E-state index >= 15 is 0 Å². The van der Waals surface area contributed by atoms with Gasteiger partial charge >= 0.3 is 0 Å². The molecule has 2 aromatic carbocycles. The van der Waals surface area contributed by atoms with Crippen molar-refractivity contribution in [3.63, 3.8) is 0 Å². The molecule has 2 aromatic rings. The second-order valence-corrected chi connectivity index (χ2v) is 4.58. The highest BCUT2D eigenvalue weighted by molar-refractivity contribution is 6.22. The van der Waals surface area contributed by atoms with E-state index in [0.29, 0.717) is 5.75 Å². The van der Waals surface area contributed by atoms with Crippen molar-refractivity contribution in [2.75, 3.05) is 0 Å². The van der Waals surface area contributed by atoms with E-state index in [1.807, 2.05) is 24.3 Å². The predicted octanol–water partition coefficient (Wildman–Crippen LogP) is 4.24. The summed E-state index contributed by atoms with van der Waals surface area (Å²) in [6, 6.07) is 9.65. The van der Waals surface area contributed by atoms with Gasteiger partial charge in [-0.3, -0.25) is 0 Å². The van der Waals surface area contributed by atoms with Crippen LogP contribution >= 0.6 is 11.6 Å². The zero-order valence-corrected chi connectivity index (χ0v) is 9.41. The minimum atomic E-state index is -0.0319. The average Bonchev–Trinajstić information content (AvgIpc) is 2.31. The van der Waals surface area contributed by atoms with Crippen LogP contribution in [-0.2, 0) is 0 Å². The van der Waals surface area contributed by atoms with Crippen LogP contribution in [0.5, 0.6) is 5.75 Å². The monoisotopic (exact) mass is 230 g/mol. The summed E-state index contributed by atoms with van der Waals surface area (Å²) in [7, 11) is 0. The molecular formula is C14H11ClO. The molecule has 0 radical (unpaired) electrons. The number of phenolic OH excluding ortho intramolecular Hbond substituents is 1. The fourth-order valence-electron chi connectivity index (χ4n) is 2.28. The number of hydrogen-bond donors (Lipinski definition) is 1. The van der Waals surface area contributed by atoms with E-state index < -0.39 is 0 Å². The Balaban J connectivity index is 2.44. The Bertz CT molecular complexity index is 587. The van der Waals surface area contributed by atoms with Crippen molar-refractivity contribution in [1.29, 1.82) is 0 Å². The van der Waals surface area contributed by atoms with Crippen LogP contribution in [0.2, 0.25) is 0 Å². The van der Waals surface area contributed by atoms with Crippen molar-refractivity contribution in [3.05, 3.63) is 47.5 Å². The Morgan fingerprint density at radius 1 is 1.19 bits per heavy atom. The van der Waals surface area contributed by atoms with Crippen LogP contribution in [0, 0.1) is 0 Å². The summed E-state index contributed by atoms with van der Waals surface area (Å²) in [4.78, 5) is 0. The molecule has 0 bridgehead atoms. The largest absolute Gasteiger partial charge is 0.507 e. The van der Waals surface area contributed by atoms with Gasteiger partial charge in [-0.25, -0.2) is 0 Å². The van der Waals surface area contributed by atoms with E-state index in [2.05, 4.69) is 12.2 Å². The third kappa shape index (κ3) is 1.32. The van der Waals surface area contributed by atoms with Gasteiger partial charge in [-0.2, -0.15) is 0 Å².